The fraction of sp³-hybridized carbons (Fsp3) is 0.200. The highest BCUT2D eigenvalue weighted by Crippen LogP contribution is 2.27. The number of carbonyl (C=O) groups excluding carboxylic acids is 1. The molecule has 3 rings (SSSR count). The van der Waals surface area contributed by atoms with Crippen LogP contribution in [-0.4, -0.2) is 25.1 Å². The van der Waals surface area contributed by atoms with Crippen LogP contribution in [0.5, 0.6) is 11.5 Å². The van der Waals surface area contributed by atoms with Gasteiger partial charge in [0.1, 0.15) is 11.5 Å². The molecule has 27 heavy (non-hydrogen) atoms. The number of nitrogens with zero attached hydrogens (tertiary/aromatic N) is 1. The van der Waals surface area contributed by atoms with Crippen molar-refractivity contribution >= 4 is 23.2 Å². The third-order valence-corrected chi connectivity index (χ3v) is 4.22. The van der Waals surface area contributed by atoms with Gasteiger partial charge in [0.15, 0.2) is 11.7 Å². The number of aromatic nitrogens is 1. The maximum absolute atomic E-state index is 12.1. The Balaban J connectivity index is 1.56. The first kappa shape index (κ1) is 18.8. The Morgan fingerprint density at radius 2 is 1.93 bits per heavy atom. The summed E-state index contributed by atoms with van der Waals surface area (Å²) >= 11 is 6.06. The van der Waals surface area contributed by atoms with Gasteiger partial charge in [-0.1, -0.05) is 11.6 Å². The van der Waals surface area contributed by atoms with Crippen molar-refractivity contribution < 1.29 is 18.7 Å². The minimum Gasteiger partial charge on any atom is -0.497 e. The Hall–Kier alpha value is -2.99. The van der Waals surface area contributed by atoms with Crippen molar-refractivity contribution in [3.63, 3.8) is 0 Å². The van der Waals surface area contributed by atoms with Crippen molar-refractivity contribution in [2.45, 2.75) is 12.8 Å². The van der Waals surface area contributed by atoms with E-state index in [1.165, 1.54) is 7.11 Å². The number of ether oxygens (including phenoxy) is 2. The van der Waals surface area contributed by atoms with Crippen LogP contribution >= 0.6 is 11.6 Å². The highest BCUT2D eigenvalue weighted by molar-refractivity contribution is 6.32. The SMILES string of the molecule is COc1ccc(-c2cnc(CCC(=O)Nc3ccc(OC)c(Cl)c3)o2)cc1. The van der Waals surface area contributed by atoms with E-state index in [2.05, 4.69) is 10.3 Å². The molecule has 1 heterocycles. The smallest absolute Gasteiger partial charge is 0.224 e. The summed E-state index contributed by atoms with van der Waals surface area (Å²) in [5.41, 5.74) is 1.50. The minimum absolute atomic E-state index is 0.152. The molecule has 2 aromatic carbocycles. The number of amides is 1. The fourth-order valence-electron chi connectivity index (χ4n) is 2.50. The first-order valence-corrected chi connectivity index (χ1v) is 8.69. The number of nitrogens with one attached hydrogen (secondary N) is 1. The third kappa shape index (κ3) is 4.80. The molecule has 1 N–H and O–H groups in total. The molecule has 0 bridgehead atoms. The van der Waals surface area contributed by atoms with Crippen LogP contribution in [0.2, 0.25) is 5.02 Å². The molecule has 0 aliphatic heterocycles. The van der Waals surface area contributed by atoms with Crippen molar-refractivity contribution in [3.05, 3.63) is 59.6 Å². The van der Waals surface area contributed by atoms with Gasteiger partial charge in [-0.2, -0.15) is 0 Å². The van der Waals surface area contributed by atoms with E-state index < -0.39 is 0 Å². The molecule has 0 unspecified atom stereocenters. The van der Waals surface area contributed by atoms with E-state index in [0.717, 1.165) is 11.3 Å². The number of hydrogen-bond acceptors (Lipinski definition) is 5. The topological polar surface area (TPSA) is 73.6 Å². The molecule has 1 aromatic heterocycles. The van der Waals surface area contributed by atoms with Gasteiger partial charge >= 0.3 is 0 Å². The second kappa shape index (κ2) is 8.60. The van der Waals surface area contributed by atoms with Crippen LogP contribution in [0.15, 0.2) is 53.1 Å². The lowest BCUT2D eigenvalue weighted by Gasteiger charge is -2.07. The number of halogens is 1. The predicted molar refractivity (Wildman–Crippen MR) is 103 cm³/mol. The highest BCUT2D eigenvalue weighted by atomic mass is 35.5. The van der Waals surface area contributed by atoms with Gasteiger partial charge in [0, 0.05) is 24.1 Å². The summed E-state index contributed by atoms with van der Waals surface area (Å²) in [6.45, 7) is 0. The van der Waals surface area contributed by atoms with Crippen molar-refractivity contribution in [1.29, 1.82) is 0 Å². The number of oxazole rings is 1. The van der Waals surface area contributed by atoms with E-state index in [1.54, 1.807) is 31.5 Å². The summed E-state index contributed by atoms with van der Waals surface area (Å²) in [6.07, 6.45) is 2.29. The number of benzene rings is 2. The molecule has 3 aromatic rings. The molecular formula is C20H19ClN2O4. The van der Waals surface area contributed by atoms with Gasteiger partial charge < -0.3 is 19.2 Å². The van der Waals surface area contributed by atoms with E-state index in [1.807, 2.05) is 24.3 Å². The number of rotatable bonds is 7. The molecule has 0 saturated carbocycles. The van der Waals surface area contributed by atoms with Gasteiger partial charge in [-0.25, -0.2) is 4.98 Å². The maximum Gasteiger partial charge on any atom is 0.224 e. The number of methoxy groups -OCH3 is 2. The van der Waals surface area contributed by atoms with E-state index in [-0.39, 0.29) is 12.3 Å². The van der Waals surface area contributed by atoms with Crippen LogP contribution in [0.25, 0.3) is 11.3 Å². The van der Waals surface area contributed by atoms with Crippen molar-refractivity contribution in [3.8, 4) is 22.8 Å². The molecule has 140 valence electrons. The van der Waals surface area contributed by atoms with Gasteiger partial charge in [0.05, 0.1) is 25.4 Å². The van der Waals surface area contributed by atoms with Crippen molar-refractivity contribution in [2.24, 2.45) is 0 Å². The summed E-state index contributed by atoms with van der Waals surface area (Å²) in [5.74, 6) is 2.33. The molecule has 0 atom stereocenters. The molecule has 0 spiro atoms. The van der Waals surface area contributed by atoms with Crippen LogP contribution in [0.4, 0.5) is 5.69 Å². The first-order chi connectivity index (χ1) is 13.1. The molecule has 0 saturated heterocycles. The average Bonchev–Trinajstić information content (AvgIpc) is 3.16. The summed E-state index contributed by atoms with van der Waals surface area (Å²) in [4.78, 5) is 16.4. The number of aryl methyl sites for hydroxylation is 1. The third-order valence-electron chi connectivity index (χ3n) is 3.93. The zero-order valence-electron chi connectivity index (χ0n) is 15.0. The van der Waals surface area contributed by atoms with E-state index in [0.29, 0.717) is 34.5 Å². The first-order valence-electron chi connectivity index (χ1n) is 8.31. The second-order valence-electron chi connectivity index (χ2n) is 5.74. The molecule has 0 aliphatic rings. The second-order valence-corrected chi connectivity index (χ2v) is 6.15. The summed E-state index contributed by atoms with van der Waals surface area (Å²) in [7, 11) is 3.16. The van der Waals surface area contributed by atoms with Gasteiger partial charge in [-0.05, 0) is 42.5 Å². The largest absolute Gasteiger partial charge is 0.497 e. The molecular weight excluding hydrogens is 368 g/mol. The zero-order valence-corrected chi connectivity index (χ0v) is 15.7. The van der Waals surface area contributed by atoms with Gasteiger partial charge in [-0.15, -0.1) is 0 Å². The summed E-state index contributed by atoms with van der Waals surface area (Å²) < 4.78 is 16.0. The van der Waals surface area contributed by atoms with Crippen molar-refractivity contribution in [2.75, 3.05) is 19.5 Å². The van der Waals surface area contributed by atoms with Crippen LogP contribution < -0.4 is 14.8 Å². The molecule has 1 amide bonds. The Kier molecular flexibility index (Phi) is 5.98. The monoisotopic (exact) mass is 386 g/mol. The van der Waals surface area contributed by atoms with Crippen LogP contribution in [0.1, 0.15) is 12.3 Å². The Bertz CT molecular complexity index is 922. The van der Waals surface area contributed by atoms with Crippen molar-refractivity contribution in [1.82, 2.24) is 4.98 Å². The van der Waals surface area contributed by atoms with Crippen LogP contribution in [0.3, 0.4) is 0 Å². The van der Waals surface area contributed by atoms with Crippen LogP contribution in [0, 0.1) is 0 Å². The zero-order chi connectivity index (χ0) is 19.2. The summed E-state index contributed by atoms with van der Waals surface area (Å²) in [6, 6.07) is 12.6. The fourth-order valence-corrected chi connectivity index (χ4v) is 2.76. The summed E-state index contributed by atoms with van der Waals surface area (Å²) in [5, 5.41) is 3.23. The minimum atomic E-state index is -0.152. The lowest BCUT2D eigenvalue weighted by atomic mass is 10.2. The molecule has 7 heteroatoms. The number of hydrogen-bond donors (Lipinski definition) is 1. The Morgan fingerprint density at radius 3 is 2.59 bits per heavy atom. The quantitative estimate of drug-likeness (QED) is 0.643. The van der Waals surface area contributed by atoms with Gasteiger partial charge in [-0.3, -0.25) is 4.79 Å². The van der Waals surface area contributed by atoms with E-state index in [9.17, 15) is 4.79 Å². The number of carbonyl (C=O) groups is 1. The normalized spacial score (nSPS) is 10.5. The average molecular weight is 387 g/mol. The Labute approximate surface area is 162 Å². The highest BCUT2D eigenvalue weighted by Gasteiger charge is 2.10. The van der Waals surface area contributed by atoms with E-state index >= 15 is 0 Å². The molecule has 0 fully saturated rings. The van der Waals surface area contributed by atoms with Gasteiger partial charge in [0.2, 0.25) is 5.91 Å². The molecule has 0 aliphatic carbocycles. The van der Waals surface area contributed by atoms with Gasteiger partial charge in [0.25, 0.3) is 0 Å². The van der Waals surface area contributed by atoms with Crippen LogP contribution in [-0.2, 0) is 11.2 Å². The molecule has 6 nitrogen and oxygen atoms in total. The lowest BCUT2D eigenvalue weighted by molar-refractivity contribution is -0.116. The maximum atomic E-state index is 12.1. The lowest BCUT2D eigenvalue weighted by Crippen LogP contribution is -2.12. The number of anilines is 1. The standard InChI is InChI=1S/C20H19ClN2O4/c1-25-15-6-3-13(4-7-15)18-12-22-20(27-18)10-9-19(24)23-14-5-8-17(26-2)16(21)11-14/h3-8,11-12H,9-10H2,1-2H3,(H,23,24). The molecule has 0 radical (unpaired) electrons. The van der Waals surface area contributed by atoms with E-state index in [4.69, 9.17) is 25.5 Å². The Morgan fingerprint density at radius 1 is 1.15 bits per heavy atom. The predicted octanol–water partition coefficient (Wildman–Crippen LogP) is 4.58.